The second kappa shape index (κ2) is 16.5. The van der Waals surface area contributed by atoms with Gasteiger partial charge in [-0.05, 0) is 47.5 Å². The van der Waals surface area contributed by atoms with Crippen LogP contribution in [0.15, 0.2) is 120 Å². The molecule has 8 heteroatoms. The number of amides is 1. The van der Waals surface area contributed by atoms with Gasteiger partial charge < -0.3 is 24.3 Å². The summed E-state index contributed by atoms with van der Waals surface area (Å²) in [5, 5.41) is 2.75. The van der Waals surface area contributed by atoms with Crippen LogP contribution in [-0.2, 0) is 48.4 Å². The smallest absolute Gasteiger partial charge is 0.224 e. The van der Waals surface area contributed by atoms with Crippen LogP contribution in [0.3, 0.4) is 0 Å². The Bertz CT molecular complexity index is 1490. The largest absolute Gasteiger partial charge is 0.374 e. The first-order valence-electron chi connectivity index (χ1n) is 15.1. The van der Waals surface area contributed by atoms with Crippen molar-refractivity contribution in [2.45, 2.75) is 69.0 Å². The highest BCUT2D eigenvalue weighted by atomic mass is 32.2. The van der Waals surface area contributed by atoms with Gasteiger partial charge in [-0.1, -0.05) is 109 Å². The molecule has 1 heterocycles. The van der Waals surface area contributed by atoms with Gasteiger partial charge in [0.2, 0.25) is 11.0 Å². The van der Waals surface area contributed by atoms with Crippen LogP contribution in [0, 0.1) is 6.92 Å². The van der Waals surface area contributed by atoms with Crippen molar-refractivity contribution in [2.75, 3.05) is 6.61 Å². The molecular weight excluding hydrogens is 586 g/mol. The molecule has 0 saturated carbocycles. The van der Waals surface area contributed by atoms with E-state index in [0.717, 1.165) is 38.9 Å². The maximum Gasteiger partial charge on any atom is 0.224 e. The van der Waals surface area contributed by atoms with Gasteiger partial charge in [-0.2, -0.15) is 0 Å². The molecule has 5 rings (SSSR count). The van der Waals surface area contributed by atoms with Gasteiger partial charge in [0.25, 0.3) is 0 Å². The van der Waals surface area contributed by atoms with E-state index < -0.39 is 30.5 Å². The molecule has 1 fully saturated rings. The van der Waals surface area contributed by atoms with Gasteiger partial charge in [-0.3, -0.25) is 9.59 Å². The minimum Gasteiger partial charge on any atom is -0.374 e. The Kier molecular flexibility index (Phi) is 12.0. The van der Waals surface area contributed by atoms with Crippen molar-refractivity contribution in [1.82, 2.24) is 5.32 Å². The summed E-state index contributed by atoms with van der Waals surface area (Å²) in [6.45, 7) is 4.50. The fraction of sp³-hybridized carbons (Fsp3) is 0.297. The van der Waals surface area contributed by atoms with Gasteiger partial charge in [0.1, 0.15) is 24.4 Å². The number of ether oxygens (including phenoxy) is 4. The first kappa shape index (κ1) is 32.6. The molecule has 1 amide bonds. The highest BCUT2D eigenvalue weighted by Gasteiger charge is 2.50. The zero-order valence-electron chi connectivity index (χ0n) is 25.5. The number of hydrogen-bond acceptors (Lipinski definition) is 7. The number of carbonyl (C=O) groups is 2. The molecule has 5 atom stereocenters. The van der Waals surface area contributed by atoms with E-state index in [1.165, 1.54) is 6.92 Å². The average Bonchev–Trinajstić information content (AvgIpc) is 3.06. The summed E-state index contributed by atoms with van der Waals surface area (Å²) in [6, 6.07) is 36.4. The normalized spacial score (nSPS) is 21.2. The SMILES string of the molecule is CC(=O)N[C@H]1C(C(=O)Sc2ccc(C)cc2)O[C@H](COCc2ccccc2)[C@@H](OCc2ccccc2)[C@@H]1OCc1ccccc1. The van der Waals surface area contributed by atoms with Crippen LogP contribution in [0.5, 0.6) is 0 Å². The number of nitrogens with one attached hydrogen (secondary N) is 1. The monoisotopic (exact) mass is 625 g/mol. The first-order chi connectivity index (χ1) is 22.0. The maximum atomic E-state index is 13.9. The van der Waals surface area contributed by atoms with E-state index in [1.807, 2.05) is 122 Å². The lowest BCUT2D eigenvalue weighted by Crippen LogP contribution is -2.66. The van der Waals surface area contributed by atoms with Crippen molar-refractivity contribution in [3.05, 3.63) is 138 Å². The lowest BCUT2D eigenvalue weighted by atomic mass is 9.92. The molecule has 45 heavy (non-hydrogen) atoms. The molecular formula is C37H39NO6S. The predicted octanol–water partition coefficient (Wildman–Crippen LogP) is 6.27. The molecule has 7 nitrogen and oxygen atoms in total. The molecule has 1 saturated heterocycles. The molecule has 4 aromatic rings. The van der Waals surface area contributed by atoms with Crippen LogP contribution in [0.2, 0.25) is 0 Å². The van der Waals surface area contributed by atoms with E-state index in [9.17, 15) is 9.59 Å². The van der Waals surface area contributed by atoms with Gasteiger partial charge in [0.05, 0.1) is 32.5 Å². The van der Waals surface area contributed by atoms with Crippen molar-refractivity contribution in [3.8, 4) is 0 Å². The Labute approximate surface area is 269 Å². The average molecular weight is 626 g/mol. The molecule has 0 aliphatic carbocycles. The fourth-order valence-corrected chi connectivity index (χ4v) is 6.07. The topological polar surface area (TPSA) is 83.1 Å². The number of hydrogen-bond donors (Lipinski definition) is 1. The molecule has 0 radical (unpaired) electrons. The maximum absolute atomic E-state index is 13.9. The standard InChI is InChI=1S/C37H39NO6S/c1-26-18-20-31(21-19-26)45-37(40)36-33(38-27(2)39)35(43-24-30-16-10-5-11-17-30)34(42-23-29-14-8-4-9-15-29)32(44-36)25-41-22-28-12-6-3-7-13-28/h3-21,32-36H,22-25H2,1-2H3,(H,38,39)/t32-,33-,34-,35-,36?/m1/s1. The Balaban J connectivity index is 1.45. The molecule has 1 N–H and O–H groups in total. The second-order valence-corrected chi connectivity index (χ2v) is 12.2. The molecule has 4 aromatic carbocycles. The molecule has 0 bridgehead atoms. The molecule has 0 spiro atoms. The highest BCUT2D eigenvalue weighted by molar-refractivity contribution is 8.13. The van der Waals surface area contributed by atoms with Crippen molar-refractivity contribution < 1.29 is 28.5 Å². The number of carbonyl (C=O) groups excluding carboxylic acids is 2. The van der Waals surface area contributed by atoms with Crippen molar-refractivity contribution in [3.63, 3.8) is 0 Å². The van der Waals surface area contributed by atoms with Crippen LogP contribution in [0.25, 0.3) is 0 Å². The predicted molar refractivity (Wildman–Crippen MR) is 174 cm³/mol. The number of rotatable bonds is 13. The van der Waals surface area contributed by atoms with Crippen LogP contribution in [0.1, 0.15) is 29.2 Å². The second-order valence-electron chi connectivity index (χ2n) is 11.1. The first-order valence-corrected chi connectivity index (χ1v) is 15.9. The third-order valence-corrected chi connectivity index (χ3v) is 8.44. The molecule has 1 aliphatic heterocycles. The van der Waals surface area contributed by atoms with Crippen LogP contribution >= 0.6 is 11.8 Å². The number of benzene rings is 4. The third-order valence-electron chi connectivity index (χ3n) is 7.50. The van der Waals surface area contributed by atoms with E-state index in [-0.39, 0.29) is 24.2 Å². The minimum atomic E-state index is -1.01. The van der Waals surface area contributed by atoms with E-state index in [0.29, 0.717) is 13.2 Å². The Morgan fingerprint density at radius 3 is 1.76 bits per heavy atom. The number of aryl methyl sites for hydroxylation is 1. The Morgan fingerprint density at radius 2 is 1.22 bits per heavy atom. The summed E-state index contributed by atoms with van der Waals surface area (Å²) in [4.78, 5) is 27.3. The summed E-state index contributed by atoms with van der Waals surface area (Å²) < 4.78 is 25.9. The zero-order chi connectivity index (χ0) is 31.4. The molecule has 0 aromatic heterocycles. The third kappa shape index (κ3) is 9.60. The lowest BCUT2D eigenvalue weighted by molar-refractivity contribution is -0.227. The van der Waals surface area contributed by atoms with Crippen molar-refractivity contribution in [1.29, 1.82) is 0 Å². The summed E-state index contributed by atoms with van der Waals surface area (Å²) >= 11 is 1.09. The molecule has 1 unspecified atom stereocenters. The van der Waals surface area contributed by atoms with Gasteiger partial charge in [-0.15, -0.1) is 0 Å². The van der Waals surface area contributed by atoms with Crippen molar-refractivity contribution >= 4 is 22.8 Å². The fourth-order valence-electron chi connectivity index (χ4n) is 5.25. The summed E-state index contributed by atoms with van der Waals surface area (Å²) in [5.74, 6) is -0.296. The van der Waals surface area contributed by atoms with Crippen LogP contribution in [0.4, 0.5) is 0 Å². The van der Waals surface area contributed by atoms with Crippen LogP contribution < -0.4 is 5.32 Å². The van der Waals surface area contributed by atoms with Crippen molar-refractivity contribution in [2.24, 2.45) is 0 Å². The Morgan fingerprint density at radius 1 is 0.711 bits per heavy atom. The number of thioether (sulfide) groups is 1. The van der Waals surface area contributed by atoms with E-state index in [1.54, 1.807) is 0 Å². The zero-order valence-corrected chi connectivity index (χ0v) is 26.4. The lowest BCUT2D eigenvalue weighted by Gasteiger charge is -2.46. The van der Waals surface area contributed by atoms with Gasteiger partial charge in [0.15, 0.2) is 0 Å². The summed E-state index contributed by atoms with van der Waals surface area (Å²) in [6.07, 6.45) is -3.04. The van der Waals surface area contributed by atoms with Gasteiger partial charge in [-0.25, -0.2) is 0 Å². The quantitative estimate of drug-likeness (QED) is 0.175. The van der Waals surface area contributed by atoms with Crippen LogP contribution in [-0.4, -0.2) is 48.1 Å². The summed E-state index contributed by atoms with van der Waals surface area (Å²) in [7, 11) is 0. The van der Waals surface area contributed by atoms with E-state index in [2.05, 4.69) is 5.32 Å². The molecule has 1 aliphatic rings. The summed E-state index contributed by atoms with van der Waals surface area (Å²) in [5.41, 5.74) is 4.06. The minimum absolute atomic E-state index is 0.158. The molecule has 234 valence electrons. The van der Waals surface area contributed by atoms with Gasteiger partial charge in [0, 0.05) is 11.8 Å². The highest BCUT2D eigenvalue weighted by Crippen LogP contribution is 2.33. The Hall–Kier alpha value is -3.79. The van der Waals surface area contributed by atoms with E-state index in [4.69, 9.17) is 18.9 Å². The van der Waals surface area contributed by atoms with Gasteiger partial charge >= 0.3 is 0 Å². The van der Waals surface area contributed by atoms with E-state index >= 15 is 0 Å².